The van der Waals surface area contributed by atoms with Gasteiger partial charge in [-0.05, 0) is 17.7 Å². The lowest BCUT2D eigenvalue weighted by Crippen LogP contribution is -2.02. The van der Waals surface area contributed by atoms with Gasteiger partial charge in [0.05, 0.1) is 12.7 Å². The summed E-state index contributed by atoms with van der Waals surface area (Å²) in [5.41, 5.74) is 3.77. The van der Waals surface area contributed by atoms with Crippen molar-refractivity contribution in [2.24, 2.45) is 0 Å². The lowest BCUT2D eigenvalue weighted by Gasteiger charge is -2.04. The molecular weight excluding hydrogens is 300 g/mol. The summed E-state index contributed by atoms with van der Waals surface area (Å²) in [5.74, 6) is 0.777. The van der Waals surface area contributed by atoms with Gasteiger partial charge in [0, 0.05) is 30.7 Å². The standard InChI is InChI=1S/C18H16N6/c1-2-4-14(5-3-1)12-24-13-15(11-22-24)10-21-17-7-6-16-18(23-17)20-9-8-19-16/h1-9,11,13H,10,12H2,(H,20,21,23). The second-order valence-corrected chi connectivity index (χ2v) is 5.48. The fourth-order valence-electron chi connectivity index (χ4n) is 2.50. The molecular formula is C18H16N6. The molecule has 0 saturated heterocycles. The average Bonchev–Trinajstić information content (AvgIpc) is 3.08. The highest BCUT2D eigenvalue weighted by atomic mass is 15.3. The molecule has 0 atom stereocenters. The quantitative estimate of drug-likeness (QED) is 0.613. The molecule has 0 unspecified atom stereocenters. The van der Waals surface area contributed by atoms with Crippen LogP contribution in [0.1, 0.15) is 11.1 Å². The van der Waals surface area contributed by atoms with E-state index in [0.717, 1.165) is 23.4 Å². The molecule has 0 saturated carbocycles. The monoisotopic (exact) mass is 316 g/mol. The van der Waals surface area contributed by atoms with E-state index in [1.165, 1.54) is 5.56 Å². The zero-order chi connectivity index (χ0) is 16.2. The van der Waals surface area contributed by atoms with E-state index in [4.69, 9.17) is 0 Å². The molecule has 3 aromatic heterocycles. The highest BCUT2D eigenvalue weighted by Crippen LogP contribution is 2.11. The maximum atomic E-state index is 4.45. The zero-order valence-electron chi connectivity index (χ0n) is 13.0. The van der Waals surface area contributed by atoms with Gasteiger partial charge in [0.2, 0.25) is 0 Å². The number of nitrogens with zero attached hydrogens (tertiary/aromatic N) is 5. The summed E-state index contributed by atoms with van der Waals surface area (Å²) in [6, 6.07) is 14.1. The van der Waals surface area contributed by atoms with E-state index >= 15 is 0 Å². The van der Waals surface area contributed by atoms with Gasteiger partial charge < -0.3 is 5.32 Å². The molecule has 24 heavy (non-hydrogen) atoms. The fourth-order valence-corrected chi connectivity index (χ4v) is 2.50. The van der Waals surface area contributed by atoms with Crippen molar-refractivity contribution >= 4 is 17.0 Å². The van der Waals surface area contributed by atoms with Crippen LogP contribution in [0.15, 0.2) is 67.3 Å². The molecule has 0 radical (unpaired) electrons. The Balaban J connectivity index is 1.42. The van der Waals surface area contributed by atoms with Gasteiger partial charge in [-0.1, -0.05) is 30.3 Å². The maximum Gasteiger partial charge on any atom is 0.180 e. The number of rotatable bonds is 5. The first-order valence-corrected chi connectivity index (χ1v) is 7.74. The van der Waals surface area contributed by atoms with Crippen LogP contribution in [0.25, 0.3) is 11.2 Å². The molecule has 4 rings (SSSR count). The summed E-state index contributed by atoms with van der Waals surface area (Å²) >= 11 is 0. The van der Waals surface area contributed by atoms with E-state index in [2.05, 4.69) is 37.5 Å². The van der Waals surface area contributed by atoms with Gasteiger partial charge in [0.25, 0.3) is 0 Å². The molecule has 0 bridgehead atoms. The molecule has 0 amide bonds. The van der Waals surface area contributed by atoms with Crippen LogP contribution in [0.5, 0.6) is 0 Å². The van der Waals surface area contributed by atoms with Gasteiger partial charge in [-0.2, -0.15) is 5.10 Å². The van der Waals surface area contributed by atoms with E-state index in [0.29, 0.717) is 12.2 Å². The lowest BCUT2D eigenvalue weighted by molar-refractivity contribution is 0.686. The Hall–Kier alpha value is -3.28. The van der Waals surface area contributed by atoms with Crippen molar-refractivity contribution < 1.29 is 0 Å². The first kappa shape index (κ1) is 14.3. The van der Waals surface area contributed by atoms with Crippen molar-refractivity contribution in [2.45, 2.75) is 13.1 Å². The van der Waals surface area contributed by atoms with E-state index in [1.807, 2.05) is 47.4 Å². The third-order valence-corrected chi connectivity index (χ3v) is 3.68. The Morgan fingerprint density at radius 1 is 0.917 bits per heavy atom. The summed E-state index contributed by atoms with van der Waals surface area (Å²) in [5, 5.41) is 7.71. The zero-order valence-corrected chi connectivity index (χ0v) is 13.0. The normalized spacial score (nSPS) is 10.8. The molecule has 118 valence electrons. The van der Waals surface area contributed by atoms with Crippen LogP contribution in [0.4, 0.5) is 5.82 Å². The van der Waals surface area contributed by atoms with E-state index < -0.39 is 0 Å². The van der Waals surface area contributed by atoms with E-state index in [-0.39, 0.29) is 0 Å². The highest BCUT2D eigenvalue weighted by molar-refractivity contribution is 5.71. The molecule has 1 aromatic carbocycles. The van der Waals surface area contributed by atoms with E-state index in [1.54, 1.807) is 12.4 Å². The number of anilines is 1. The van der Waals surface area contributed by atoms with Crippen molar-refractivity contribution in [3.63, 3.8) is 0 Å². The van der Waals surface area contributed by atoms with Gasteiger partial charge in [0.15, 0.2) is 5.65 Å². The molecule has 6 nitrogen and oxygen atoms in total. The van der Waals surface area contributed by atoms with Crippen LogP contribution in [-0.2, 0) is 13.1 Å². The number of hydrogen-bond acceptors (Lipinski definition) is 5. The molecule has 0 aliphatic rings. The summed E-state index contributed by atoms with van der Waals surface area (Å²) in [4.78, 5) is 12.9. The number of nitrogens with one attached hydrogen (secondary N) is 1. The second kappa shape index (κ2) is 6.45. The van der Waals surface area contributed by atoms with Crippen LogP contribution in [0, 0.1) is 0 Å². The Morgan fingerprint density at radius 2 is 1.79 bits per heavy atom. The molecule has 6 heteroatoms. The Kier molecular flexibility index (Phi) is 3.85. The van der Waals surface area contributed by atoms with Crippen LogP contribution in [0.2, 0.25) is 0 Å². The summed E-state index contributed by atoms with van der Waals surface area (Å²) in [6.45, 7) is 1.43. The largest absolute Gasteiger partial charge is 0.366 e. The van der Waals surface area contributed by atoms with Gasteiger partial charge in [-0.15, -0.1) is 0 Å². The Bertz CT molecular complexity index is 948. The minimum Gasteiger partial charge on any atom is -0.366 e. The van der Waals surface area contributed by atoms with Crippen molar-refractivity contribution in [3.8, 4) is 0 Å². The smallest absolute Gasteiger partial charge is 0.180 e. The van der Waals surface area contributed by atoms with Crippen molar-refractivity contribution in [1.82, 2.24) is 24.7 Å². The van der Waals surface area contributed by atoms with E-state index in [9.17, 15) is 0 Å². The highest BCUT2D eigenvalue weighted by Gasteiger charge is 2.02. The number of fused-ring (bicyclic) bond motifs is 1. The molecule has 4 aromatic rings. The van der Waals surface area contributed by atoms with Crippen molar-refractivity contribution in [3.05, 3.63) is 78.4 Å². The predicted molar refractivity (Wildman–Crippen MR) is 92.4 cm³/mol. The number of pyridine rings is 1. The fraction of sp³-hybridized carbons (Fsp3) is 0.111. The molecule has 0 spiro atoms. The molecule has 0 aliphatic carbocycles. The Labute approximate surface area is 139 Å². The molecule has 0 fully saturated rings. The van der Waals surface area contributed by atoms with Gasteiger partial charge in [-0.3, -0.25) is 9.67 Å². The molecule has 3 heterocycles. The second-order valence-electron chi connectivity index (χ2n) is 5.48. The first-order chi connectivity index (χ1) is 11.9. The lowest BCUT2D eigenvalue weighted by atomic mass is 10.2. The number of benzene rings is 1. The topological polar surface area (TPSA) is 68.5 Å². The average molecular weight is 316 g/mol. The molecule has 0 aliphatic heterocycles. The van der Waals surface area contributed by atoms with Gasteiger partial charge in [0.1, 0.15) is 11.3 Å². The SMILES string of the molecule is c1ccc(Cn2cc(CNc3ccc4nccnc4n3)cn2)cc1. The van der Waals surface area contributed by atoms with Crippen molar-refractivity contribution in [2.75, 3.05) is 5.32 Å². The maximum absolute atomic E-state index is 4.45. The molecule has 1 N–H and O–H groups in total. The Morgan fingerprint density at radius 3 is 2.71 bits per heavy atom. The summed E-state index contributed by atoms with van der Waals surface area (Å²) < 4.78 is 1.94. The van der Waals surface area contributed by atoms with Crippen molar-refractivity contribution in [1.29, 1.82) is 0 Å². The summed E-state index contributed by atoms with van der Waals surface area (Å²) in [6.07, 6.45) is 7.22. The van der Waals surface area contributed by atoms with Gasteiger partial charge >= 0.3 is 0 Å². The number of aromatic nitrogens is 5. The number of hydrogen-bond donors (Lipinski definition) is 1. The third kappa shape index (κ3) is 3.22. The van der Waals surface area contributed by atoms with Crippen LogP contribution < -0.4 is 5.32 Å². The first-order valence-electron chi connectivity index (χ1n) is 7.74. The predicted octanol–water partition coefficient (Wildman–Crippen LogP) is 2.88. The third-order valence-electron chi connectivity index (χ3n) is 3.68. The van der Waals surface area contributed by atoms with Gasteiger partial charge in [-0.25, -0.2) is 9.97 Å². The minimum atomic E-state index is 0.641. The van der Waals surface area contributed by atoms with Crippen LogP contribution >= 0.6 is 0 Å². The minimum absolute atomic E-state index is 0.641. The van der Waals surface area contributed by atoms with Crippen LogP contribution in [0.3, 0.4) is 0 Å². The van der Waals surface area contributed by atoms with Crippen LogP contribution in [-0.4, -0.2) is 24.7 Å². The summed E-state index contributed by atoms with van der Waals surface area (Å²) in [7, 11) is 0.